The Morgan fingerprint density at radius 1 is 1.24 bits per heavy atom. The standard InChI is InChI=1S/C20H32O/c1-6-11-19(4)13(2)7-9-15-16-10-8-14(3)20(16,5)12-17(21)18(15)19/h6,11,14-18,21H,2,7-10,12H2,1,3-5H3/b11-6-. The van der Waals surface area contributed by atoms with E-state index < -0.39 is 0 Å². The van der Waals surface area contributed by atoms with Gasteiger partial charge < -0.3 is 5.11 Å². The van der Waals surface area contributed by atoms with Gasteiger partial charge in [-0.25, -0.2) is 0 Å². The molecule has 3 fully saturated rings. The van der Waals surface area contributed by atoms with Gasteiger partial charge in [0.1, 0.15) is 0 Å². The molecule has 3 saturated carbocycles. The molecule has 1 nitrogen and oxygen atoms in total. The van der Waals surface area contributed by atoms with Crippen LogP contribution in [-0.4, -0.2) is 11.2 Å². The van der Waals surface area contributed by atoms with E-state index >= 15 is 0 Å². The fourth-order valence-electron chi connectivity index (χ4n) is 6.27. The predicted octanol–water partition coefficient (Wildman–Crippen LogP) is 4.97. The highest BCUT2D eigenvalue weighted by molar-refractivity contribution is 5.26. The zero-order chi connectivity index (χ0) is 15.4. The van der Waals surface area contributed by atoms with Gasteiger partial charge in [-0.2, -0.15) is 0 Å². The summed E-state index contributed by atoms with van der Waals surface area (Å²) in [5, 5.41) is 11.0. The highest BCUT2D eigenvalue weighted by Gasteiger charge is 2.59. The van der Waals surface area contributed by atoms with Crippen molar-refractivity contribution in [3.63, 3.8) is 0 Å². The van der Waals surface area contributed by atoms with Crippen molar-refractivity contribution >= 4 is 0 Å². The van der Waals surface area contributed by atoms with Gasteiger partial charge in [0.2, 0.25) is 0 Å². The smallest absolute Gasteiger partial charge is 0.0587 e. The molecule has 0 spiro atoms. The second-order valence-electron chi connectivity index (χ2n) is 8.48. The lowest BCUT2D eigenvalue weighted by Crippen LogP contribution is -2.55. The molecule has 3 rings (SSSR count). The van der Waals surface area contributed by atoms with Crippen molar-refractivity contribution in [2.45, 2.75) is 65.9 Å². The largest absolute Gasteiger partial charge is 0.393 e. The number of rotatable bonds is 1. The fourth-order valence-corrected chi connectivity index (χ4v) is 6.27. The van der Waals surface area contributed by atoms with Crippen LogP contribution in [0.2, 0.25) is 0 Å². The normalized spacial score (nSPS) is 53.8. The quantitative estimate of drug-likeness (QED) is 0.676. The first-order valence-electron chi connectivity index (χ1n) is 8.84. The van der Waals surface area contributed by atoms with Crippen LogP contribution in [0.15, 0.2) is 24.3 Å². The van der Waals surface area contributed by atoms with E-state index in [1.165, 1.54) is 24.8 Å². The first kappa shape index (κ1) is 15.3. The summed E-state index contributed by atoms with van der Waals surface area (Å²) in [5.74, 6) is 2.61. The molecule has 0 aromatic heterocycles. The molecule has 1 N–H and O–H groups in total. The molecule has 7 atom stereocenters. The Hall–Kier alpha value is -0.560. The lowest BCUT2D eigenvalue weighted by atomic mass is 9.47. The SMILES string of the molecule is C=C1CCC2C(C(O)CC3(C)C(C)CCC23)C1(C)/C=C\C. The second-order valence-corrected chi connectivity index (χ2v) is 8.48. The van der Waals surface area contributed by atoms with Gasteiger partial charge >= 0.3 is 0 Å². The van der Waals surface area contributed by atoms with Crippen LogP contribution >= 0.6 is 0 Å². The van der Waals surface area contributed by atoms with Crippen molar-refractivity contribution < 1.29 is 5.11 Å². The monoisotopic (exact) mass is 288 g/mol. The van der Waals surface area contributed by atoms with Crippen LogP contribution in [0.3, 0.4) is 0 Å². The second kappa shape index (κ2) is 4.98. The maximum atomic E-state index is 11.0. The van der Waals surface area contributed by atoms with Crippen molar-refractivity contribution in [1.82, 2.24) is 0 Å². The molecule has 0 radical (unpaired) electrons. The summed E-state index contributed by atoms with van der Waals surface area (Å²) in [5.41, 5.74) is 1.68. The van der Waals surface area contributed by atoms with Crippen LogP contribution in [0.25, 0.3) is 0 Å². The van der Waals surface area contributed by atoms with Gasteiger partial charge in [0.05, 0.1) is 6.10 Å². The van der Waals surface area contributed by atoms with Gasteiger partial charge in [0.25, 0.3) is 0 Å². The van der Waals surface area contributed by atoms with Crippen LogP contribution in [0.4, 0.5) is 0 Å². The third-order valence-electron chi connectivity index (χ3n) is 7.67. The van der Waals surface area contributed by atoms with Crippen molar-refractivity contribution in [1.29, 1.82) is 0 Å². The van der Waals surface area contributed by atoms with Crippen molar-refractivity contribution in [2.75, 3.05) is 0 Å². The molecular formula is C20H32O. The molecule has 0 aromatic carbocycles. The summed E-state index contributed by atoms with van der Waals surface area (Å²) >= 11 is 0. The fraction of sp³-hybridized carbons (Fsp3) is 0.800. The average Bonchev–Trinajstić information content (AvgIpc) is 2.70. The van der Waals surface area contributed by atoms with Crippen molar-refractivity contribution in [3.05, 3.63) is 24.3 Å². The molecule has 0 heterocycles. The molecule has 21 heavy (non-hydrogen) atoms. The van der Waals surface area contributed by atoms with Gasteiger partial charge in [0.15, 0.2) is 0 Å². The molecule has 118 valence electrons. The topological polar surface area (TPSA) is 20.2 Å². The Bertz CT molecular complexity index is 464. The van der Waals surface area contributed by atoms with E-state index in [1.54, 1.807) is 0 Å². The summed E-state index contributed by atoms with van der Waals surface area (Å²) in [7, 11) is 0. The van der Waals surface area contributed by atoms with Crippen LogP contribution in [0.1, 0.15) is 59.8 Å². The van der Waals surface area contributed by atoms with E-state index in [1.807, 2.05) is 0 Å². The Morgan fingerprint density at radius 3 is 2.62 bits per heavy atom. The lowest BCUT2D eigenvalue weighted by Gasteiger charge is -2.58. The summed E-state index contributed by atoms with van der Waals surface area (Å²) in [6, 6.07) is 0. The molecule has 3 aliphatic carbocycles. The van der Waals surface area contributed by atoms with Crippen molar-refractivity contribution in [2.24, 2.45) is 34.5 Å². The molecular weight excluding hydrogens is 256 g/mol. The van der Waals surface area contributed by atoms with E-state index in [-0.39, 0.29) is 11.5 Å². The van der Waals surface area contributed by atoms with Crippen LogP contribution in [0, 0.1) is 34.5 Å². The zero-order valence-electron chi connectivity index (χ0n) is 14.2. The van der Waals surface area contributed by atoms with Gasteiger partial charge in [-0.15, -0.1) is 0 Å². The highest BCUT2D eigenvalue weighted by Crippen LogP contribution is 2.65. The molecule has 0 saturated heterocycles. The van der Waals surface area contributed by atoms with E-state index in [0.29, 0.717) is 17.3 Å². The van der Waals surface area contributed by atoms with E-state index in [4.69, 9.17) is 0 Å². The Balaban J connectivity index is 2.01. The van der Waals surface area contributed by atoms with E-state index in [9.17, 15) is 5.11 Å². The number of aliphatic hydroxyl groups is 1. The molecule has 0 aromatic rings. The first-order valence-corrected chi connectivity index (χ1v) is 8.84. The lowest BCUT2D eigenvalue weighted by molar-refractivity contribution is -0.112. The third kappa shape index (κ3) is 2.00. The number of aliphatic hydroxyl groups excluding tert-OH is 1. The molecule has 3 aliphatic rings. The minimum absolute atomic E-state index is 0.00968. The van der Waals surface area contributed by atoms with Crippen LogP contribution in [-0.2, 0) is 0 Å². The number of hydrogen-bond donors (Lipinski definition) is 1. The Labute approximate surface area is 130 Å². The molecule has 1 heteroatoms. The zero-order valence-corrected chi connectivity index (χ0v) is 14.2. The number of fused-ring (bicyclic) bond motifs is 3. The first-order chi connectivity index (χ1) is 9.84. The average molecular weight is 288 g/mol. The van der Waals surface area contributed by atoms with Gasteiger partial charge in [-0.3, -0.25) is 0 Å². The number of hydrogen-bond acceptors (Lipinski definition) is 1. The third-order valence-corrected chi connectivity index (χ3v) is 7.67. The summed E-state index contributed by atoms with van der Waals surface area (Å²) in [6.45, 7) is 13.6. The molecule has 0 aliphatic heterocycles. The summed E-state index contributed by atoms with van der Waals surface area (Å²) in [6.07, 6.45) is 10.4. The summed E-state index contributed by atoms with van der Waals surface area (Å²) in [4.78, 5) is 0. The van der Waals surface area contributed by atoms with Crippen molar-refractivity contribution in [3.8, 4) is 0 Å². The van der Waals surface area contributed by atoms with E-state index in [2.05, 4.69) is 46.4 Å². The van der Waals surface area contributed by atoms with E-state index in [0.717, 1.165) is 24.7 Å². The maximum Gasteiger partial charge on any atom is 0.0587 e. The molecule has 0 bridgehead atoms. The Kier molecular flexibility index (Phi) is 3.64. The van der Waals surface area contributed by atoms with Gasteiger partial charge in [-0.05, 0) is 62.2 Å². The minimum Gasteiger partial charge on any atom is -0.393 e. The minimum atomic E-state index is -0.171. The highest BCUT2D eigenvalue weighted by atomic mass is 16.3. The molecule has 7 unspecified atom stereocenters. The maximum absolute atomic E-state index is 11.0. The van der Waals surface area contributed by atoms with Crippen LogP contribution in [0.5, 0.6) is 0 Å². The van der Waals surface area contributed by atoms with Crippen LogP contribution < -0.4 is 0 Å². The Morgan fingerprint density at radius 2 is 1.95 bits per heavy atom. The molecule has 0 amide bonds. The van der Waals surface area contributed by atoms with Gasteiger partial charge in [0, 0.05) is 11.3 Å². The number of allylic oxidation sites excluding steroid dienone is 3. The van der Waals surface area contributed by atoms with Gasteiger partial charge in [-0.1, -0.05) is 45.1 Å². The summed E-state index contributed by atoms with van der Waals surface area (Å²) < 4.78 is 0. The predicted molar refractivity (Wildman–Crippen MR) is 88.9 cm³/mol.